The first-order valence-corrected chi connectivity index (χ1v) is 6.19. The van der Waals surface area contributed by atoms with E-state index in [0.717, 1.165) is 0 Å². The summed E-state index contributed by atoms with van der Waals surface area (Å²) in [6.07, 6.45) is 0.231. The highest BCUT2D eigenvalue weighted by Crippen LogP contribution is 2.34. The molecule has 0 radical (unpaired) electrons. The minimum absolute atomic E-state index is 0.0247. The number of hydrogen-bond acceptors (Lipinski definition) is 1. The number of carbonyl (C=O) groups is 1. The van der Waals surface area contributed by atoms with Crippen LogP contribution in [0.15, 0.2) is 16.6 Å². The van der Waals surface area contributed by atoms with Gasteiger partial charge >= 0.3 is 0 Å². The Morgan fingerprint density at radius 2 is 2.19 bits per heavy atom. The zero-order valence-electron chi connectivity index (χ0n) is 8.01. The van der Waals surface area contributed by atoms with Gasteiger partial charge in [-0.2, -0.15) is 0 Å². The van der Waals surface area contributed by atoms with Crippen molar-refractivity contribution in [2.24, 2.45) is 0 Å². The average molecular weight is 327 g/mol. The van der Waals surface area contributed by atoms with Crippen molar-refractivity contribution in [1.82, 2.24) is 0 Å². The Kier molecular flexibility index (Phi) is 3.42. The summed E-state index contributed by atoms with van der Waals surface area (Å²) < 4.78 is 14.3. The van der Waals surface area contributed by atoms with Crippen molar-refractivity contribution in [1.29, 1.82) is 0 Å². The zero-order valence-corrected chi connectivity index (χ0v) is 11.1. The lowest BCUT2D eigenvalue weighted by molar-refractivity contribution is -0.117. The Bertz CT molecular complexity index is 455. The average Bonchev–Trinajstić information content (AvgIpc) is 2.55. The van der Waals surface area contributed by atoms with E-state index in [-0.39, 0.29) is 28.4 Å². The van der Waals surface area contributed by atoms with E-state index in [1.165, 1.54) is 11.0 Å². The topological polar surface area (TPSA) is 20.3 Å². The van der Waals surface area contributed by atoms with Crippen LogP contribution in [0.3, 0.4) is 0 Å². The Labute approximate surface area is 110 Å². The Morgan fingerprint density at radius 3 is 2.75 bits per heavy atom. The van der Waals surface area contributed by atoms with Crippen molar-refractivity contribution < 1.29 is 9.18 Å². The van der Waals surface area contributed by atoms with Gasteiger partial charge in [0.1, 0.15) is 0 Å². The molecule has 86 valence electrons. The van der Waals surface area contributed by atoms with E-state index >= 15 is 0 Å². The lowest BCUT2D eigenvalue weighted by atomic mass is 10.3. The lowest BCUT2D eigenvalue weighted by Gasteiger charge is -2.17. The van der Waals surface area contributed by atoms with Crippen molar-refractivity contribution in [3.8, 4) is 0 Å². The minimum Gasteiger partial charge on any atom is -0.308 e. The highest BCUT2D eigenvalue weighted by Gasteiger charge is 2.31. The molecule has 0 bridgehead atoms. The van der Waals surface area contributed by atoms with Gasteiger partial charge in [-0.15, -0.1) is 11.6 Å². The molecule has 0 saturated carbocycles. The molecule has 0 aliphatic carbocycles. The van der Waals surface area contributed by atoms with Gasteiger partial charge in [0.05, 0.1) is 16.1 Å². The molecule has 1 fully saturated rings. The molecule has 1 amide bonds. The van der Waals surface area contributed by atoms with E-state index in [9.17, 15) is 9.18 Å². The first-order valence-electron chi connectivity index (χ1n) is 4.58. The van der Waals surface area contributed by atoms with Crippen LogP contribution in [-0.4, -0.2) is 17.8 Å². The maximum absolute atomic E-state index is 13.8. The molecule has 1 aromatic carbocycles. The number of halogens is 4. The van der Waals surface area contributed by atoms with Gasteiger partial charge in [-0.3, -0.25) is 4.79 Å². The van der Waals surface area contributed by atoms with Gasteiger partial charge in [-0.05, 0) is 28.1 Å². The van der Waals surface area contributed by atoms with Crippen LogP contribution in [0.5, 0.6) is 0 Å². The largest absolute Gasteiger partial charge is 0.308 e. The third-order valence-electron chi connectivity index (χ3n) is 2.38. The number of benzene rings is 1. The molecular formula is C10H7BrCl2FNO. The second kappa shape index (κ2) is 4.51. The highest BCUT2D eigenvalue weighted by atomic mass is 79.9. The van der Waals surface area contributed by atoms with Crippen molar-refractivity contribution in [3.05, 3.63) is 27.4 Å². The second-order valence-corrected chi connectivity index (χ2v) is 5.35. The molecule has 1 unspecified atom stereocenters. The van der Waals surface area contributed by atoms with Gasteiger partial charge in [0, 0.05) is 17.4 Å². The van der Waals surface area contributed by atoms with Gasteiger partial charge in [-0.1, -0.05) is 11.6 Å². The molecule has 1 aromatic rings. The third kappa shape index (κ3) is 2.06. The first-order chi connectivity index (χ1) is 7.50. The Balaban J connectivity index is 2.42. The summed E-state index contributed by atoms with van der Waals surface area (Å²) in [6.45, 7) is 0.315. The number of alkyl halides is 1. The molecule has 0 aromatic heterocycles. The van der Waals surface area contributed by atoms with Crippen molar-refractivity contribution in [2.75, 3.05) is 11.4 Å². The number of anilines is 1. The van der Waals surface area contributed by atoms with Crippen LogP contribution in [0.4, 0.5) is 10.1 Å². The zero-order chi connectivity index (χ0) is 11.9. The summed E-state index contributed by atoms with van der Waals surface area (Å²) in [5, 5.41) is -0.294. The summed E-state index contributed by atoms with van der Waals surface area (Å²) in [6, 6.07) is 3.12. The van der Waals surface area contributed by atoms with E-state index in [0.29, 0.717) is 11.0 Å². The molecule has 2 rings (SSSR count). The maximum Gasteiger partial charge on any atom is 0.228 e. The first kappa shape index (κ1) is 12.1. The molecule has 1 aliphatic heterocycles. The van der Waals surface area contributed by atoms with Crippen LogP contribution < -0.4 is 4.90 Å². The maximum atomic E-state index is 13.8. The number of rotatable bonds is 1. The number of hydrogen-bond donors (Lipinski definition) is 0. The van der Waals surface area contributed by atoms with Crippen LogP contribution in [0.2, 0.25) is 5.02 Å². The van der Waals surface area contributed by atoms with Crippen molar-refractivity contribution >= 4 is 50.7 Å². The molecule has 0 N–H and O–H groups in total. The van der Waals surface area contributed by atoms with E-state index < -0.39 is 5.82 Å². The predicted octanol–water partition coefficient (Wildman–Crippen LogP) is 3.59. The normalized spacial score (nSPS) is 20.6. The lowest BCUT2D eigenvalue weighted by Crippen LogP contribution is -2.25. The van der Waals surface area contributed by atoms with Crippen molar-refractivity contribution in [3.63, 3.8) is 0 Å². The minimum atomic E-state index is -0.602. The summed E-state index contributed by atoms with van der Waals surface area (Å²) in [5.74, 6) is -0.785. The predicted molar refractivity (Wildman–Crippen MR) is 65.7 cm³/mol. The molecule has 0 spiro atoms. The van der Waals surface area contributed by atoms with Crippen LogP contribution in [0, 0.1) is 5.82 Å². The van der Waals surface area contributed by atoms with Crippen LogP contribution in [0.25, 0.3) is 0 Å². The van der Waals surface area contributed by atoms with E-state index in [4.69, 9.17) is 23.2 Å². The quantitative estimate of drug-likeness (QED) is 0.570. The van der Waals surface area contributed by atoms with Crippen LogP contribution in [-0.2, 0) is 4.79 Å². The highest BCUT2D eigenvalue weighted by molar-refractivity contribution is 9.10. The molecule has 2 nitrogen and oxygen atoms in total. The summed E-state index contributed by atoms with van der Waals surface area (Å²) in [4.78, 5) is 12.9. The molecule has 1 heterocycles. The fraction of sp³-hybridized carbons (Fsp3) is 0.300. The SMILES string of the molecule is O=C1CC(Cl)CN1c1ccc(Br)c(Cl)c1F. The van der Waals surface area contributed by atoms with Crippen LogP contribution in [0.1, 0.15) is 6.42 Å². The number of nitrogens with zero attached hydrogens (tertiary/aromatic N) is 1. The molecule has 1 saturated heterocycles. The standard InChI is InChI=1S/C10H7BrCl2FNO/c11-6-1-2-7(10(14)9(6)13)15-4-5(12)3-8(15)16/h1-2,5H,3-4H2. The smallest absolute Gasteiger partial charge is 0.228 e. The van der Waals surface area contributed by atoms with Gasteiger partial charge in [-0.25, -0.2) is 4.39 Å². The Morgan fingerprint density at radius 1 is 1.50 bits per heavy atom. The Hall–Kier alpha value is -0.320. The van der Waals surface area contributed by atoms with Gasteiger partial charge in [0.2, 0.25) is 5.91 Å². The fourth-order valence-corrected chi connectivity index (χ4v) is 2.36. The van der Waals surface area contributed by atoms with E-state index in [1.54, 1.807) is 6.07 Å². The summed E-state index contributed by atoms with van der Waals surface area (Å²) in [7, 11) is 0. The summed E-state index contributed by atoms with van der Waals surface area (Å²) in [5.41, 5.74) is 0.182. The molecular weight excluding hydrogens is 320 g/mol. The van der Waals surface area contributed by atoms with Gasteiger partial charge < -0.3 is 4.90 Å². The van der Waals surface area contributed by atoms with Crippen LogP contribution >= 0.6 is 39.1 Å². The molecule has 16 heavy (non-hydrogen) atoms. The van der Waals surface area contributed by atoms with Gasteiger partial charge in [0.15, 0.2) is 5.82 Å². The molecule has 6 heteroatoms. The fourth-order valence-electron chi connectivity index (χ4n) is 1.62. The molecule has 1 aliphatic rings. The number of amides is 1. The van der Waals surface area contributed by atoms with E-state index in [1.807, 2.05) is 0 Å². The number of carbonyl (C=O) groups excluding carboxylic acids is 1. The van der Waals surface area contributed by atoms with Crippen molar-refractivity contribution in [2.45, 2.75) is 11.8 Å². The monoisotopic (exact) mass is 325 g/mol. The molecule has 1 atom stereocenters. The third-order valence-corrected chi connectivity index (χ3v) is 3.93. The summed E-state index contributed by atoms with van der Waals surface area (Å²) >= 11 is 14.7. The van der Waals surface area contributed by atoms with E-state index in [2.05, 4.69) is 15.9 Å². The van der Waals surface area contributed by atoms with Gasteiger partial charge in [0.25, 0.3) is 0 Å². The second-order valence-electron chi connectivity index (χ2n) is 3.50.